The number of hydrogen-bond acceptors (Lipinski definition) is 10. The molecule has 11 heteroatoms. The summed E-state index contributed by atoms with van der Waals surface area (Å²) < 4.78 is 39.1. The van der Waals surface area contributed by atoms with Crippen molar-refractivity contribution in [3.63, 3.8) is 0 Å². The van der Waals surface area contributed by atoms with Gasteiger partial charge in [0.1, 0.15) is 18.0 Å². The Morgan fingerprint density at radius 3 is 2.32 bits per heavy atom. The van der Waals surface area contributed by atoms with Gasteiger partial charge in [-0.1, -0.05) is 0 Å². The van der Waals surface area contributed by atoms with E-state index in [1.54, 1.807) is 26.4 Å². The van der Waals surface area contributed by atoms with Gasteiger partial charge in [-0.2, -0.15) is 0 Å². The van der Waals surface area contributed by atoms with Crippen molar-refractivity contribution < 1.29 is 47.0 Å². The van der Waals surface area contributed by atoms with E-state index in [4.69, 9.17) is 33.2 Å². The first kappa shape index (κ1) is 30.1. The van der Waals surface area contributed by atoms with Gasteiger partial charge in [-0.05, 0) is 60.9 Å². The molecule has 3 heterocycles. The quantitative estimate of drug-likeness (QED) is 0.351. The summed E-state index contributed by atoms with van der Waals surface area (Å²) in [5.74, 6) is 0.441. The van der Waals surface area contributed by atoms with Crippen molar-refractivity contribution >= 4 is 22.8 Å². The van der Waals surface area contributed by atoms with Crippen LogP contribution in [0.15, 0.2) is 30.3 Å². The topological polar surface area (TPSA) is 118 Å². The first-order valence-electron chi connectivity index (χ1n) is 14.9. The third-order valence-electron chi connectivity index (χ3n) is 9.76. The van der Waals surface area contributed by atoms with Crippen molar-refractivity contribution in [3.05, 3.63) is 47.2 Å². The Kier molecular flexibility index (Phi) is 8.34. The highest BCUT2D eigenvalue weighted by molar-refractivity contribution is 5.91. The zero-order valence-corrected chi connectivity index (χ0v) is 26.0. The van der Waals surface area contributed by atoms with Gasteiger partial charge in [0, 0.05) is 47.1 Å². The molecular weight excluding hydrogens is 568 g/mol. The predicted molar refractivity (Wildman–Crippen MR) is 167 cm³/mol. The molecule has 0 radical (unpaired) electrons. The molecule has 6 atom stereocenters. The van der Waals surface area contributed by atoms with Crippen LogP contribution < -0.4 is 18.9 Å². The molecule has 44 heavy (non-hydrogen) atoms. The van der Waals surface area contributed by atoms with Crippen LogP contribution in [0.3, 0.4) is 0 Å². The van der Waals surface area contributed by atoms with Crippen LogP contribution in [-0.4, -0.2) is 89.8 Å². The monoisotopic (exact) mass is 614 g/mol. The number of H-pyrrole nitrogens is 1. The molecule has 3 aromatic rings. The molecule has 242 valence electrons. The van der Waals surface area contributed by atoms with E-state index in [0.717, 1.165) is 37.2 Å². The first-order chi connectivity index (χ1) is 21.3. The maximum atomic E-state index is 13.5. The number of ether oxygens (including phenoxy) is 7. The summed E-state index contributed by atoms with van der Waals surface area (Å²) >= 11 is 0. The van der Waals surface area contributed by atoms with Gasteiger partial charge in [0.05, 0.1) is 53.1 Å². The van der Waals surface area contributed by atoms with Gasteiger partial charge >= 0.3 is 11.9 Å². The number of carbonyl (C=O) groups is 2. The molecule has 6 rings (SSSR count). The number of nitrogens with zero attached hydrogens (tertiary/aromatic N) is 1. The zero-order valence-electron chi connectivity index (χ0n) is 26.0. The number of aromatic nitrogens is 1. The molecule has 1 aliphatic carbocycles. The Bertz CT molecular complexity index is 1540. The summed E-state index contributed by atoms with van der Waals surface area (Å²) in [5, 5.41) is 1.21. The van der Waals surface area contributed by atoms with Crippen molar-refractivity contribution in [3.8, 4) is 23.0 Å². The third-order valence-corrected chi connectivity index (χ3v) is 9.76. The van der Waals surface area contributed by atoms with Crippen molar-refractivity contribution in [1.82, 2.24) is 9.88 Å². The highest BCUT2D eigenvalue weighted by atomic mass is 16.6. The molecule has 3 aliphatic rings. The number of nitrogens with one attached hydrogen (secondary N) is 1. The standard InChI is InChI=1S/C33H40N2O9.3H2/c1-38-19-7-8-20-21-9-10-35-16-18-13-27(44-32(36)17-11-25(39-2)30(41-4)26(12-17)40-3)31(42-5)28(33(37)43-6)22(18)15-24(35)29(21)34-23(20)14-19;;;/h7-8,11-12,14,18,22,24,27-28,31,34H,9-10,13,15-16H2,1-6H3;3*1H/t18?,22?,24?,27-,28+,31+;;;/m1.../s1. The van der Waals surface area contributed by atoms with E-state index in [2.05, 4.69) is 16.0 Å². The molecule has 0 bridgehead atoms. The minimum absolute atomic E-state index is 0. The smallest absolute Gasteiger partial charge is 0.338 e. The number of rotatable bonds is 8. The fourth-order valence-corrected chi connectivity index (χ4v) is 7.76. The number of aromatic amines is 1. The zero-order chi connectivity index (χ0) is 31.1. The average molecular weight is 615 g/mol. The van der Waals surface area contributed by atoms with Crippen LogP contribution in [-0.2, 0) is 25.4 Å². The predicted octanol–water partition coefficient (Wildman–Crippen LogP) is 4.91. The Morgan fingerprint density at radius 1 is 0.932 bits per heavy atom. The van der Waals surface area contributed by atoms with Crippen molar-refractivity contribution in [1.29, 1.82) is 0 Å². The summed E-state index contributed by atoms with van der Waals surface area (Å²) in [6.45, 7) is 1.68. The Hall–Kier alpha value is -3.96. The van der Waals surface area contributed by atoms with Crippen LogP contribution in [0.5, 0.6) is 23.0 Å². The lowest BCUT2D eigenvalue weighted by Gasteiger charge is -2.52. The lowest BCUT2D eigenvalue weighted by Crippen LogP contribution is -2.58. The van der Waals surface area contributed by atoms with Crippen molar-refractivity contribution in [2.45, 2.75) is 37.5 Å². The molecule has 2 aromatic carbocycles. The Balaban J connectivity index is 0.00000200. The maximum Gasteiger partial charge on any atom is 0.338 e. The summed E-state index contributed by atoms with van der Waals surface area (Å²) in [7, 11) is 9.10. The molecule has 1 N–H and O–H groups in total. The molecule has 3 unspecified atom stereocenters. The van der Waals surface area contributed by atoms with Crippen LogP contribution in [0, 0.1) is 17.8 Å². The minimum Gasteiger partial charge on any atom is -0.497 e. The first-order valence-corrected chi connectivity index (χ1v) is 14.9. The largest absolute Gasteiger partial charge is 0.497 e. The number of methoxy groups -OCH3 is 6. The second-order valence-electron chi connectivity index (χ2n) is 11.7. The Morgan fingerprint density at radius 2 is 1.68 bits per heavy atom. The SMILES string of the molecule is COC(=O)[C@H]1C2CC3c4[nH]c5cc(OC)ccc5c4CCN3CC2C[C@@H](OC(=O)c2cc(OC)c(OC)c(OC)c2)[C@@H]1OC.[HH].[HH].[HH]. The van der Waals surface area contributed by atoms with Crippen LogP contribution in [0.2, 0.25) is 0 Å². The molecule has 0 amide bonds. The lowest BCUT2D eigenvalue weighted by atomic mass is 9.63. The summed E-state index contributed by atoms with van der Waals surface area (Å²) in [6, 6.07) is 9.40. The van der Waals surface area contributed by atoms with Gasteiger partial charge in [0.25, 0.3) is 0 Å². The van der Waals surface area contributed by atoms with Crippen LogP contribution in [0.1, 0.15) is 44.8 Å². The van der Waals surface area contributed by atoms with E-state index in [1.807, 2.05) is 12.1 Å². The second-order valence-corrected chi connectivity index (χ2v) is 11.7. The number of benzene rings is 2. The lowest BCUT2D eigenvalue weighted by molar-refractivity contribution is -0.176. The molecule has 1 saturated carbocycles. The number of carbonyl (C=O) groups excluding carboxylic acids is 2. The fourth-order valence-electron chi connectivity index (χ4n) is 7.76. The number of fused-ring (bicyclic) bond motifs is 6. The molecule has 1 saturated heterocycles. The summed E-state index contributed by atoms with van der Waals surface area (Å²) in [6.07, 6.45) is 0.920. The van der Waals surface area contributed by atoms with E-state index in [-0.39, 0.29) is 33.7 Å². The van der Waals surface area contributed by atoms with Gasteiger partial charge in [-0.3, -0.25) is 9.69 Å². The maximum absolute atomic E-state index is 13.5. The molecule has 11 nitrogen and oxygen atoms in total. The van der Waals surface area contributed by atoms with E-state index >= 15 is 0 Å². The third kappa shape index (κ3) is 5.01. The number of esters is 2. The van der Waals surface area contributed by atoms with Crippen molar-refractivity contribution in [2.75, 3.05) is 55.7 Å². The van der Waals surface area contributed by atoms with Gasteiger partial charge in [0.2, 0.25) is 5.75 Å². The van der Waals surface area contributed by atoms with E-state index < -0.39 is 24.1 Å². The molecule has 0 spiro atoms. The average Bonchev–Trinajstić information content (AvgIpc) is 3.43. The second kappa shape index (κ2) is 12.2. The summed E-state index contributed by atoms with van der Waals surface area (Å²) in [4.78, 5) is 33.1. The van der Waals surface area contributed by atoms with Gasteiger partial charge < -0.3 is 38.1 Å². The highest BCUT2D eigenvalue weighted by Crippen LogP contribution is 2.51. The van der Waals surface area contributed by atoms with Gasteiger partial charge in [-0.15, -0.1) is 0 Å². The normalized spacial score (nSPS) is 26.1. The van der Waals surface area contributed by atoms with Crippen LogP contribution in [0.25, 0.3) is 10.9 Å². The summed E-state index contributed by atoms with van der Waals surface area (Å²) in [5.41, 5.74) is 3.83. The van der Waals surface area contributed by atoms with Crippen LogP contribution >= 0.6 is 0 Å². The highest BCUT2D eigenvalue weighted by Gasteiger charge is 2.54. The van der Waals surface area contributed by atoms with Crippen LogP contribution in [0.4, 0.5) is 0 Å². The van der Waals surface area contributed by atoms with Gasteiger partial charge in [-0.25, -0.2) is 4.79 Å². The molecule has 2 aliphatic heterocycles. The number of piperidine rings is 1. The number of hydrogen-bond donors (Lipinski definition) is 1. The van der Waals surface area contributed by atoms with E-state index in [9.17, 15) is 9.59 Å². The molecule has 1 aromatic heterocycles. The fraction of sp³-hybridized carbons (Fsp3) is 0.515. The van der Waals surface area contributed by atoms with E-state index in [1.165, 1.54) is 45.1 Å². The van der Waals surface area contributed by atoms with Gasteiger partial charge in [0.15, 0.2) is 11.5 Å². The molecule has 2 fully saturated rings. The minimum atomic E-state index is -0.670. The molecular formula is C33H46N2O9. The Labute approximate surface area is 261 Å². The van der Waals surface area contributed by atoms with E-state index in [0.29, 0.717) is 23.7 Å². The van der Waals surface area contributed by atoms with Crippen molar-refractivity contribution in [2.24, 2.45) is 17.8 Å².